The van der Waals surface area contributed by atoms with E-state index in [0.29, 0.717) is 11.6 Å². The van der Waals surface area contributed by atoms with Crippen LogP contribution in [0.2, 0.25) is 0 Å². The van der Waals surface area contributed by atoms with Gasteiger partial charge in [0.25, 0.3) is 5.91 Å². The molecule has 1 aromatic carbocycles. The maximum atomic E-state index is 12.1. The van der Waals surface area contributed by atoms with Crippen LogP contribution >= 0.6 is 0 Å². The fourth-order valence-corrected chi connectivity index (χ4v) is 2.07. The van der Waals surface area contributed by atoms with E-state index < -0.39 is 5.54 Å². The molecule has 4 nitrogen and oxygen atoms in total. The third-order valence-electron chi connectivity index (χ3n) is 3.59. The fourth-order valence-electron chi connectivity index (χ4n) is 2.07. The van der Waals surface area contributed by atoms with Gasteiger partial charge in [-0.3, -0.25) is 9.69 Å². The van der Waals surface area contributed by atoms with Crippen molar-refractivity contribution in [1.82, 2.24) is 10.2 Å². The Labute approximate surface area is 128 Å². The lowest BCUT2D eigenvalue weighted by molar-refractivity contribution is 0.0869. The SMILES string of the molecule is CCN(Cc1ccc(C(=O)NC(C)(C)CO)cc1)C(C)C. The smallest absolute Gasteiger partial charge is 0.251 e. The van der Waals surface area contributed by atoms with Crippen LogP contribution in [0.1, 0.15) is 50.5 Å². The van der Waals surface area contributed by atoms with E-state index in [2.05, 4.69) is 31.0 Å². The van der Waals surface area contributed by atoms with Crippen LogP contribution in [0.4, 0.5) is 0 Å². The highest BCUT2D eigenvalue weighted by Gasteiger charge is 2.19. The molecule has 0 fully saturated rings. The van der Waals surface area contributed by atoms with E-state index in [1.165, 1.54) is 5.56 Å². The molecule has 21 heavy (non-hydrogen) atoms. The quantitative estimate of drug-likeness (QED) is 0.811. The van der Waals surface area contributed by atoms with Crippen molar-refractivity contribution in [2.75, 3.05) is 13.2 Å². The van der Waals surface area contributed by atoms with Crippen molar-refractivity contribution in [3.63, 3.8) is 0 Å². The van der Waals surface area contributed by atoms with Crippen molar-refractivity contribution in [2.24, 2.45) is 0 Å². The van der Waals surface area contributed by atoms with E-state index in [-0.39, 0.29) is 12.5 Å². The lowest BCUT2D eigenvalue weighted by Gasteiger charge is -2.25. The summed E-state index contributed by atoms with van der Waals surface area (Å²) in [6.45, 7) is 11.9. The Balaban J connectivity index is 2.72. The predicted octanol–water partition coefficient (Wildman–Crippen LogP) is 2.42. The van der Waals surface area contributed by atoms with E-state index >= 15 is 0 Å². The average Bonchev–Trinajstić information content (AvgIpc) is 2.44. The molecule has 0 saturated carbocycles. The van der Waals surface area contributed by atoms with Gasteiger partial charge in [0, 0.05) is 18.2 Å². The first kappa shape index (κ1) is 17.7. The number of amides is 1. The molecule has 1 amide bonds. The van der Waals surface area contributed by atoms with Crippen LogP contribution < -0.4 is 5.32 Å². The Morgan fingerprint density at radius 1 is 1.29 bits per heavy atom. The molecule has 0 bridgehead atoms. The number of hydrogen-bond donors (Lipinski definition) is 2. The number of rotatable bonds is 7. The molecule has 0 atom stereocenters. The van der Waals surface area contributed by atoms with E-state index in [9.17, 15) is 9.90 Å². The second-order valence-corrected chi connectivity index (χ2v) is 6.35. The molecule has 0 unspecified atom stereocenters. The minimum Gasteiger partial charge on any atom is -0.394 e. The topological polar surface area (TPSA) is 52.6 Å². The number of carbonyl (C=O) groups excluding carboxylic acids is 1. The minimum atomic E-state index is -0.605. The number of hydrogen-bond acceptors (Lipinski definition) is 3. The predicted molar refractivity (Wildman–Crippen MR) is 86.3 cm³/mol. The molecule has 0 aliphatic heterocycles. The first-order valence-corrected chi connectivity index (χ1v) is 7.55. The van der Waals surface area contributed by atoms with Crippen LogP contribution in [0.15, 0.2) is 24.3 Å². The second-order valence-electron chi connectivity index (χ2n) is 6.35. The van der Waals surface area contributed by atoms with E-state index in [1.54, 1.807) is 13.8 Å². The summed E-state index contributed by atoms with van der Waals surface area (Å²) in [4.78, 5) is 14.4. The summed E-state index contributed by atoms with van der Waals surface area (Å²) in [7, 11) is 0. The van der Waals surface area contributed by atoms with Crippen LogP contribution in [-0.4, -0.2) is 40.6 Å². The Hall–Kier alpha value is -1.39. The largest absolute Gasteiger partial charge is 0.394 e. The van der Waals surface area contributed by atoms with Crippen molar-refractivity contribution in [3.8, 4) is 0 Å². The monoisotopic (exact) mass is 292 g/mol. The van der Waals surface area contributed by atoms with Gasteiger partial charge < -0.3 is 10.4 Å². The molecule has 0 aliphatic rings. The average molecular weight is 292 g/mol. The van der Waals surface area contributed by atoms with Crippen LogP contribution in [-0.2, 0) is 6.54 Å². The van der Waals surface area contributed by atoms with Gasteiger partial charge in [-0.1, -0.05) is 19.1 Å². The highest BCUT2D eigenvalue weighted by Crippen LogP contribution is 2.11. The van der Waals surface area contributed by atoms with Gasteiger partial charge in [-0.25, -0.2) is 0 Å². The summed E-state index contributed by atoms with van der Waals surface area (Å²) in [5, 5.41) is 12.0. The highest BCUT2D eigenvalue weighted by molar-refractivity contribution is 5.94. The van der Waals surface area contributed by atoms with Crippen molar-refractivity contribution < 1.29 is 9.90 Å². The molecular formula is C17H28N2O2. The van der Waals surface area contributed by atoms with Gasteiger partial charge in [-0.05, 0) is 51.9 Å². The molecule has 0 heterocycles. The molecule has 118 valence electrons. The highest BCUT2D eigenvalue weighted by atomic mass is 16.3. The Morgan fingerprint density at radius 2 is 1.86 bits per heavy atom. The van der Waals surface area contributed by atoms with Crippen LogP contribution in [0.3, 0.4) is 0 Å². The molecule has 1 rings (SSSR count). The molecule has 0 aliphatic carbocycles. The van der Waals surface area contributed by atoms with Crippen LogP contribution in [0.25, 0.3) is 0 Å². The number of aliphatic hydroxyl groups is 1. The van der Waals surface area contributed by atoms with E-state index in [0.717, 1.165) is 13.1 Å². The lowest BCUT2D eigenvalue weighted by Crippen LogP contribution is -2.46. The van der Waals surface area contributed by atoms with Crippen LogP contribution in [0, 0.1) is 0 Å². The van der Waals surface area contributed by atoms with Crippen molar-refractivity contribution in [1.29, 1.82) is 0 Å². The number of aliphatic hydroxyl groups excluding tert-OH is 1. The van der Waals surface area contributed by atoms with Crippen molar-refractivity contribution >= 4 is 5.91 Å². The summed E-state index contributed by atoms with van der Waals surface area (Å²) < 4.78 is 0. The maximum Gasteiger partial charge on any atom is 0.251 e. The number of carbonyl (C=O) groups is 1. The number of nitrogens with one attached hydrogen (secondary N) is 1. The normalized spacial score (nSPS) is 12.0. The van der Waals surface area contributed by atoms with Gasteiger partial charge in [0.05, 0.1) is 12.1 Å². The lowest BCUT2D eigenvalue weighted by atomic mass is 10.1. The Bertz CT molecular complexity index is 452. The molecule has 0 aromatic heterocycles. The zero-order chi connectivity index (χ0) is 16.0. The molecule has 2 N–H and O–H groups in total. The summed E-state index contributed by atoms with van der Waals surface area (Å²) in [6, 6.07) is 8.17. The van der Waals surface area contributed by atoms with Crippen LogP contribution in [0.5, 0.6) is 0 Å². The Morgan fingerprint density at radius 3 is 2.29 bits per heavy atom. The minimum absolute atomic E-state index is 0.0866. The van der Waals surface area contributed by atoms with Crippen molar-refractivity contribution in [3.05, 3.63) is 35.4 Å². The molecule has 0 saturated heterocycles. The molecular weight excluding hydrogens is 264 g/mol. The first-order chi connectivity index (χ1) is 9.79. The fraction of sp³-hybridized carbons (Fsp3) is 0.588. The van der Waals surface area contributed by atoms with Gasteiger partial charge in [-0.15, -0.1) is 0 Å². The number of nitrogens with zero attached hydrogens (tertiary/aromatic N) is 1. The molecule has 0 radical (unpaired) electrons. The van der Waals surface area contributed by atoms with E-state index in [4.69, 9.17) is 0 Å². The summed E-state index contributed by atoms with van der Waals surface area (Å²) in [6.07, 6.45) is 0. The van der Waals surface area contributed by atoms with Gasteiger partial charge in [0.2, 0.25) is 0 Å². The van der Waals surface area contributed by atoms with Gasteiger partial charge in [-0.2, -0.15) is 0 Å². The summed E-state index contributed by atoms with van der Waals surface area (Å²) >= 11 is 0. The zero-order valence-corrected chi connectivity index (χ0v) is 13.8. The third-order valence-corrected chi connectivity index (χ3v) is 3.59. The second kappa shape index (κ2) is 7.57. The van der Waals surface area contributed by atoms with E-state index in [1.807, 2.05) is 24.3 Å². The number of benzene rings is 1. The first-order valence-electron chi connectivity index (χ1n) is 7.55. The standard InChI is InChI=1S/C17H28N2O2/c1-6-19(13(2)3)11-14-7-9-15(10-8-14)16(21)18-17(4,5)12-20/h7-10,13,20H,6,11-12H2,1-5H3,(H,18,21). The van der Waals surface area contributed by atoms with Gasteiger partial charge in [0.15, 0.2) is 0 Å². The van der Waals surface area contributed by atoms with Gasteiger partial charge >= 0.3 is 0 Å². The zero-order valence-electron chi connectivity index (χ0n) is 13.8. The Kier molecular flexibility index (Phi) is 6.37. The maximum absolute atomic E-state index is 12.1. The van der Waals surface area contributed by atoms with Gasteiger partial charge in [0.1, 0.15) is 0 Å². The molecule has 1 aromatic rings. The summed E-state index contributed by atoms with van der Waals surface area (Å²) in [5.74, 6) is -0.156. The summed E-state index contributed by atoms with van der Waals surface area (Å²) in [5.41, 5.74) is 1.21. The molecule has 4 heteroatoms. The van der Waals surface area contributed by atoms with Crippen molar-refractivity contribution in [2.45, 2.75) is 52.7 Å². The third kappa shape index (κ3) is 5.48. The molecule has 0 spiro atoms.